The quantitative estimate of drug-likeness (QED) is 0.555. The van der Waals surface area contributed by atoms with E-state index in [1.54, 1.807) is 43.5 Å². The number of rotatable bonds is 4. The number of aromatic nitrogens is 3. The standard InChI is InChI=1S/C21H16FN3O2/c1-27-19-13-11-18(12-14-19)25-21(26)24(17-9-7-16(22)8-10-17)20(23-25)15-5-3-2-4-6-15/h2-14H,1H3. The second-order valence-corrected chi connectivity index (χ2v) is 5.89. The van der Waals surface area contributed by atoms with Crippen LogP contribution in [0.2, 0.25) is 0 Å². The van der Waals surface area contributed by atoms with Crippen LogP contribution in [0.25, 0.3) is 22.8 Å². The van der Waals surface area contributed by atoms with Gasteiger partial charge in [-0.1, -0.05) is 30.3 Å². The normalized spacial score (nSPS) is 10.7. The molecule has 0 spiro atoms. The largest absolute Gasteiger partial charge is 0.497 e. The molecular weight excluding hydrogens is 345 g/mol. The summed E-state index contributed by atoms with van der Waals surface area (Å²) in [6, 6.07) is 22.2. The molecule has 1 heterocycles. The van der Waals surface area contributed by atoms with Gasteiger partial charge >= 0.3 is 5.69 Å². The van der Waals surface area contributed by atoms with Crippen LogP contribution in [0, 0.1) is 5.82 Å². The van der Waals surface area contributed by atoms with Crippen LogP contribution in [0.4, 0.5) is 4.39 Å². The molecule has 0 radical (unpaired) electrons. The molecule has 1 aromatic heterocycles. The molecule has 27 heavy (non-hydrogen) atoms. The maximum Gasteiger partial charge on any atom is 0.355 e. The zero-order valence-electron chi connectivity index (χ0n) is 14.5. The first-order valence-corrected chi connectivity index (χ1v) is 8.35. The Balaban J connectivity index is 1.94. The zero-order valence-corrected chi connectivity index (χ0v) is 14.5. The third-order valence-corrected chi connectivity index (χ3v) is 4.21. The highest BCUT2D eigenvalue weighted by Crippen LogP contribution is 2.21. The van der Waals surface area contributed by atoms with Crippen LogP contribution in [-0.4, -0.2) is 21.5 Å². The van der Waals surface area contributed by atoms with Crippen molar-refractivity contribution in [3.8, 4) is 28.5 Å². The van der Waals surface area contributed by atoms with Crippen molar-refractivity contribution in [3.63, 3.8) is 0 Å². The summed E-state index contributed by atoms with van der Waals surface area (Å²) in [7, 11) is 1.58. The number of ether oxygens (including phenoxy) is 1. The lowest BCUT2D eigenvalue weighted by Gasteiger charge is -2.05. The number of hydrogen-bond acceptors (Lipinski definition) is 3. The van der Waals surface area contributed by atoms with Gasteiger partial charge in [-0.2, -0.15) is 4.68 Å². The van der Waals surface area contributed by atoms with E-state index in [4.69, 9.17) is 4.74 Å². The van der Waals surface area contributed by atoms with E-state index >= 15 is 0 Å². The molecule has 0 aliphatic heterocycles. The SMILES string of the molecule is COc1ccc(-n2nc(-c3ccccc3)n(-c3ccc(F)cc3)c2=O)cc1. The zero-order chi connectivity index (χ0) is 18.8. The molecule has 4 rings (SSSR count). The first-order chi connectivity index (χ1) is 13.2. The van der Waals surface area contributed by atoms with E-state index in [0.717, 1.165) is 5.56 Å². The highest BCUT2D eigenvalue weighted by atomic mass is 19.1. The molecule has 0 atom stereocenters. The summed E-state index contributed by atoms with van der Waals surface area (Å²) in [6.45, 7) is 0. The second kappa shape index (κ2) is 6.92. The average molecular weight is 361 g/mol. The van der Waals surface area contributed by atoms with Gasteiger partial charge in [0.25, 0.3) is 0 Å². The minimum Gasteiger partial charge on any atom is -0.497 e. The van der Waals surface area contributed by atoms with Gasteiger partial charge in [0, 0.05) is 5.56 Å². The molecule has 134 valence electrons. The Morgan fingerprint density at radius 3 is 2.11 bits per heavy atom. The number of hydrogen-bond donors (Lipinski definition) is 0. The van der Waals surface area contributed by atoms with E-state index in [1.807, 2.05) is 30.3 Å². The Bertz CT molecular complexity index is 1120. The molecule has 5 nitrogen and oxygen atoms in total. The van der Waals surface area contributed by atoms with Crippen LogP contribution in [0.15, 0.2) is 83.7 Å². The number of halogens is 1. The highest BCUT2D eigenvalue weighted by molar-refractivity contribution is 5.58. The summed E-state index contributed by atoms with van der Waals surface area (Å²) in [5.41, 5.74) is 1.59. The van der Waals surface area contributed by atoms with Crippen molar-refractivity contribution in [2.75, 3.05) is 7.11 Å². The van der Waals surface area contributed by atoms with Crippen LogP contribution >= 0.6 is 0 Å². The molecule has 0 unspecified atom stereocenters. The van der Waals surface area contributed by atoms with Crippen molar-refractivity contribution in [2.24, 2.45) is 0 Å². The fraction of sp³-hybridized carbons (Fsp3) is 0.0476. The van der Waals surface area contributed by atoms with Crippen molar-refractivity contribution < 1.29 is 9.13 Å². The van der Waals surface area contributed by atoms with Crippen molar-refractivity contribution in [1.29, 1.82) is 0 Å². The molecule has 0 amide bonds. The molecule has 0 N–H and O–H groups in total. The summed E-state index contributed by atoms with van der Waals surface area (Å²) in [5.74, 6) is 0.798. The summed E-state index contributed by atoms with van der Waals surface area (Å²) < 4.78 is 21.3. The minimum atomic E-state index is -0.365. The first-order valence-electron chi connectivity index (χ1n) is 8.35. The van der Waals surface area contributed by atoms with E-state index in [9.17, 15) is 9.18 Å². The summed E-state index contributed by atoms with van der Waals surface area (Å²) >= 11 is 0. The molecule has 4 aromatic rings. The number of benzene rings is 3. The maximum atomic E-state index is 13.3. The van der Waals surface area contributed by atoms with Crippen molar-refractivity contribution >= 4 is 0 Å². The number of methoxy groups -OCH3 is 1. The van der Waals surface area contributed by atoms with Crippen molar-refractivity contribution in [3.05, 3.63) is 95.2 Å². The Morgan fingerprint density at radius 2 is 1.48 bits per heavy atom. The highest BCUT2D eigenvalue weighted by Gasteiger charge is 2.17. The fourth-order valence-corrected chi connectivity index (χ4v) is 2.86. The van der Waals surface area contributed by atoms with Crippen LogP contribution in [-0.2, 0) is 0 Å². The molecule has 0 aliphatic carbocycles. The molecule has 0 fully saturated rings. The van der Waals surface area contributed by atoms with Gasteiger partial charge in [-0.15, -0.1) is 5.10 Å². The van der Waals surface area contributed by atoms with Crippen molar-refractivity contribution in [1.82, 2.24) is 14.3 Å². The van der Waals surface area contributed by atoms with Gasteiger partial charge in [-0.25, -0.2) is 13.8 Å². The van der Waals surface area contributed by atoms with E-state index < -0.39 is 0 Å². The third-order valence-electron chi connectivity index (χ3n) is 4.21. The molecule has 0 bridgehead atoms. The van der Waals surface area contributed by atoms with Gasteiger partial charge < -0.3 is 4.74 Å². The Hall–Kier alpha value is -3.67. The molecule has 0 saturated heterocycles. The smallest absolute Gasteiger partial charge is 0.355 e. The van der Waals surface area contributed by atoms with Crippen LogP contribution in [0.5, 0.6) is 5.75 Å². The molecular formula is C21H16FN3O2. The minimum absolute atomic E-state index is 0.342. The van der Waals surface area contributed by atoms with Crippen molar-refractivity contribution in [2.45, 2.75) is 0 Å². The lowest BCUT2D eigenvalue weighted by atomic mass is 10.2. The van der Waals surface area contributed by atoms with E-state index in [-0.39, 0.29) is 11.5 Å². The monoisotopic (exact) mass is 361 g/mol. The Labute approximate surface area is 154 Å². The Kier molecular flexibility index (Phi) is 4.30. The predicted molar refractivity (Wildman–Crippen MR) is 101 cm³/mol. The van der Waals surface area contributed by atoms with Gasteiger partial charge in [-0.3, -0.25) is 0 Å². The van der Waals surface area contributed by atoms with E-state index in [2.05, 4.69) is 5.10 Å². The lowest BCUT2D eigenvalue weighted by molar-refractivity contribution is 0.414. The van der Waals surface area contributed by atoms with Gasteiger partial charge in [-0.05, 0) is 48.5 Å². The summed E-state index contributed by atoms with van der Waals surface area (Å²) in [5, 5.41) is 4.54. The first kappa shape index (κ1) is 16.8. The molecule has 0 aliphatic rings. The maximum absolute atomic E-state index is 13.3. The lowest BCUT2D eigenvalue weighted by Crippen LogP contribution is -2.22. The summed E-state index contributed by atoms with van der Waals surface area (Å²) in [4.78, 5) is 13.1. The summed E-state index contributed by atoms with van der Waals surface area (Å²) in [6.07, 6.45) is 0. The molecule has 3 aromatic carbocycles. The number of nitrogens with zero attached hydrogens (tertiary/aromatic N) is 3. The van der Waals surface area contributed by atoms with Crippen LogP contribution in [0.1, 0.15) is 0 Å². The van der Waals surface area contributed by atoms with Gasteiger partial charge in [0.2, 0.25) is 0 Å². The van der Waals surface area contributed by atoms with E-state index in [0.29, 0.717) is 22.9 Å². The van der Waals surface area contributed by atoms with Gasteiger partial charge in [0.15, 0.2) is 5.82 Å². The topological polar surface area (TPSA) is 49.0 Å². The Morgan fingerprint density at radius 1 is 0.852 bits per heavy atom. The van der Waals surface area contributed by atoms with Crippen LogP contribution in [0.3, 0.4) is 0 Å². The van der Waals surface area contributed by atoms with Gasteiger partial charge in [0.05, 0.1) is 18.5 Å². The fourth-order valence-electron chi connectivity index (χ4n) is 2.86. The van der Waals surface area contributed by atoms with Crippen LogP contribution < -0.4 is 10.4 Å². The molecule has 0 saturated carbocycles. The molecule has 6 heteroatoms. The predicted octanol–water partition coefficient (Wildman–Crippen LogP) is 3.84. The second-order valence-electron chi connectivity index (χ2n) is 5.89. The average Bonchev–Trinajstić information content (AvgIpc) is 3.06. The third kappa shape index (κ3) is 3.13. The van der Waals surface area contributed by atoms with E-state index in [1.165, 1.54) is 21.4 Å². The van der Waals surface area contributed by atoms with Gasteiger partial charge in [0.1, 0.15) is 11.6 Å².